The fraction of sp³-hybridized carbons (Fsp3) is 0.250. The lowest BCUT2D eigenvalue weighted by atomic mass is 10.0. The van der Waals surface area contributed by atoms with Gasteiger partial charge in [-0.3, -0.25) is 0 Å². The zero-order chi connectivity index (χ0) is 17.0. The number of hydrogen-bond donors (Lipinski definition) is 0. The van der Waals surface area contributed by atoms with Gasteiger partial charge in [-0.2, -0.15) is 0 Å². The Hall–Kier alpha value is -2.88. The van der Waals surface area contributed by atoms with Crippen LogP contribution in [0.1, 0.15) is 48.9 Å². The van der Waals surface area contributed by atoms with Crippen LogP contribution in [0.15, 0.2) is 48.5 Å². The van der Waals surface area contributed by atoms with E-state index >= 15 is 0 Å². The Kier molecular flexibility index (Phi) is 7.28. The third kappa shape index (κ3) is 5.39. The van der Waals surface area contributed by atoms with E-state index in [4.69, 9.17) is 0 Å². The van der Waals surface area contributed by atoms with Gasteiger partial charge in [0.05, 0.1) is 0 Å². The maximum absolute atomic E-state index is 3.35. The Bertz CT molecular complexity index is 780. The molecule has 0 N–H and O–H groups in total. The van der Waals surface area contributed by atoms with E-state index in [0.717, 1.165) is 36.8 Å². The molecule has 0 saturated heterocycles. The fourth-order valence-corrected chi connectivity index (χ4v) is 2.50. The highest BCUT2D eigenvalue weighted by molar-refractivity contribution is 5.49. The molecule has 0 aromatic heterocycles. The first kappa shape index (κ1) is 17.5. The molecule has 24 heavy (non-hydrogen) atoms. The van der Waals surface area contributed by atoms with Gasteiger partial charge in [-0.05, 0) is 49.9 Å². The van der Waals surface area contributed by atoms with Crippen molar-refractivity contribution in [1.29, 1.82) is 0 Å². The second-order valence-electron chi connectivity index (χ2n) is 5.42. The summed E-state index contributed by atoms with van der Waals surface area (Å²) in [6, 6.07) is 16.7. The molecule has 0 amide bonds. The van der Waals surface area contributed by atoms with Crippen LogP contribution in [-0.2, 0) is 12.8 Å². The highest BCUT2D eigenvalue weighted by atomic mass is 14.0. The van der Waals surface area contributed by atoms with Crippen molar-refractivity contribution < 1.29 is 0 Å². The third-order valence-electron chi connectivity index (χ3n) is 3.76. The largest absolute Gasteiger partial charge is 0.107 e. The second kappa shape index (κ2) is 10.0. The molecule has 0 atom stereocenters. The van der Waals surface area contributed by atoms with Crippen molar-refractivity contribution in [3.05, 3.63) is 70.8 Å². The smallest absolute Gasteiger partial charge is 0.0281 e. The molecule has 0 aliphatic rings. The van der Waals surface area contributed by atoms with Gasteiger partial charge in [0.25, 0.3) is 0 Å². The summed E-state index contributed by atoms with van der Waals surface area (Å²) in [5.74, 6) is 18.9. The lowest BCUT2D eigenvalue weighted by molar-refractivity contribution is 1.02. The van der Waals surface area contributed by atoms with Crippen LogP contribution in [-0.4, -0.2) is 0 Å². The van der Waals surface area contributed by atoms with Crippen LogP contribution in [0.5, 0.6) is 0 Å². The van der Waals surface area contributed by atoms with Gasteiger partial charge in [0.15, 0.2) is 0 Å². The molecule has 0 saturated carbocycles. The van der Waals surface area contributed by atoms with E-state index in [1.165, 1.54) is 11.1 Å². The molecule has 0 unspecified atom stereocenters. The van der Waals surface area contributed by atoms with E-state index in [-0.39, 0.29) is 0 Å². The highest BCUT2D eigenvalue weighted by Gasteiger charge is 2.00. The number of rotatable bonds is 4. The second-order valence-corrected chi connectivity index (χ2v) is 5.42. The van der Waals surface area contributed by atoms with Crippen LogP contribution in [0, 0.1) is 35.5 Å². The molecule has 0 heteroatoms. The molecule has 118 valence electrons. The van der Waals surface area contributed by atoms with Gasteiger partial charge in [0.1, 0.15) is 0 Å². The minimum atomic E-state index is 0.876. The lowest BCUT2D eigenvalue weighted by Gasteiger charge is -2.03. The average Bonchev–Trinajstić information content (AvgIpc) is 2.62. The van der Waals surface area contributed by atoms with Crippen molar-refractivity contribution in [1.82, 2.24) is 0 Å². The Morgan fingerprint density at radius 3 is 1.46 bits per heavy atom. The van der Waals surface area contributed by atoms with E-state index in [1.807, 2.05) is 26.0 Å². The number of hydrogen-bond acceptors (Lipinski definition) is 0. The average molecular weight is 310 g/mol. The summed E-state index contributed by atoms with van der Waals surface area (Å²) < 4.78 is 0. The predicted molar refractivity (Wildman–Crippen MR) is 102 cm³/mol. The molecule has 0 aliphatic heterocycles. The maximum Gasteiger partial charge on any atom is 0.0281 e. The summed E-state index contributed by atoms with van der Waals surface area (Å²) in [6.45, 7) is 3.76. The summed E-state index contributed by atoms with van der Waals surface area (Å²) in [6.07, 6.45) is 3.64. The molecule has 2 aromatic carbocycles. The minimum Gasteiger partial charge on any atom is -0.107 e. The van der Waals surface area contributed by atoms with Gasteiger partial charge in [0, 0.05) is 24.0 Å². The summed E-state index contributed by atoms with van der Waals surface area (Å²) in [4.78, 5) is 0. The molecule has 0 spiro atoms. The van der Waals surface area contributed by atoms with Gasteiger partial charge in [0.2, 0.25) is 0 Å². The standard InChI is InChI=1S/C24H22/c1-3-5-7-13-21-15-9-11-17-23(21)19-20-24-18-12-10-16-22(24)14-8-6-4-2/h9-12,15-18H,7-8,13-14H2,1-2H3. The van der Waals surface area contributed by atoms with E-state index < -0.39 is 0 Å². The lowest BCUT2D eigenvalue weighted by Crippen LogP contribution is -1.91. The van der Waals surface area contributed by atoms with Crippen LogP contribution in [0.25, 0.3) is 0 Å². The Morgan fingerprint density at radius 1 is 0.625 bits per heavy atom. The van der Waals surface area contributed by atoms with Gasteiger partial charge in [-0.25, -0.2) is 0 Å². The first-order valence-corrected chi connectivity index (χ1v) is 8.32. The van der Waals surface area contributed by atoms with Crippen molar-refractivity contribution in [2.24, 2.45) is 0 Å². The highest BCUT2D eigenvalue weighted by Crippen LogP contribution is 2.12. The molecular weight excluding hydrogens is 288 g/mol. The summed E-state index contributed by atoms with van der Waals surface area (Å²) in [7, 11) is 0. The minimum absolute atomic E-state index is 0.876. The monoisotopic (exact) mass is 310 g/mol. The Morgan fingerprint density at radius 2 is 1.04 bits per heavy atom. The molecule has 2 rings (SSSR count). The van der Waals surface area contributed by atoms with Crippen LogP contribution >= 0.6 is 0 Å². The van der Waals surface area contributed by atoms with Gasteiger partial charge < -0.3 is 0 Å². The van der Waals surface area contributed by atoms with Crippen molar-refractivity contribution >= 4 is 0 Å². The predicted octanol–water partition coefficient (Wildman–Crippen LogP) is 5.00. The molecule has 0 aliphatic carbocycles. The quantitative estimate of drug-likeness (QED) is 0.697. The van der Waals surface area contributed by atoms with E-state index in [1.54, 1.807) is 0 Å². The van der Waals surface area contributed by atoms with Crippen LogP contribution in [0.2, 0.25) is 0 Å². The van der Waals surface area contributed by atoms with Crippen molar-refractivity contribution in [3.8, 4) is 35.5 Å². The molecular formula is C24H22. The first-order chi connectivity index (χ1) is 11.8. The van der Waals surface area contributed by atoms with Gasteiger partial charge in [-0.15, -0.1) is 23.7 Å². The SMILES string of the molecule is CC#CCCc1ccccc1C#Cc1ccccc1CCC#CC. The zero-order valence-corrected chi connectivity index (χ0v) is 14.4. The van der Waals surface area contributed by atoms with E-state index in [0.29, 0.717) is 0 Å². The van der Waals surface area contributed by atoms with Crippen molar-refractivity contribution in [3.63, 3.8) is 0 Å². The van der Waals surface area contributed by atoms with E-state index in [2.05, 4.69) is 71.9 Å². The van der Waals surface area contributed by atoms with Gasteiger partial charge >= 0.3 is 0 Å². The third-order valence-corrected chi connectivity index (χ3v) is 3.76. The molecule has 0 bridgehead atoms. The van der Waals surface area contributed by atoms with E-state index in [9.17, 15) is 0 Å². The zero-order valence-electron chi connectivity index (χ0n) is 14.4. The molecule has 0 radical (unpaired) electrons. The summed E-state index contributed by atoms with van der Waals surface area (Å²) in [5, 5.41) is 0. The number of aryl methyl sites for hydroxylation is 2. The Labute approximate surface area is 146 Å². The van der Waals surface area contributed by atoms with Crippen LogP contribution < -0.4 is 0 Å². The Balaban J connectivity index is 2.23. The van der Waals surface area contributed by atoms with Gasteiger partial charge in [-0.1, -0.05) is 48.2 Å². The molecule has 0 nitrogen and oxygen atoms in total. The first-order valence-electron chi connectivity index (χ1n) is 8.32. The summed E-state index contributed by atoms with van der Waals surface area (Å²) in [5.41, 5.74) is 4.72. The van der Waals surface area contributed by atoms with Crippen molar-refractivity contribution in [2.75, 3.05) is 0 Å². The normalized spacial score (nSPS) is 8.92. The molecule has 0 heterocycles. The molecule has 0 fully saturated rings. The topological polar surface area (TPSA) is 0 Å². The molecule has 2 aromatic rings. The number of benzene rings is 2. The summed E-state index contributed by atoms with van der Waals surface area (Å²) >= 11 is 0. The maximum atomic E-state index is 3.35. The fourth-order valence-electron chi connectivity index (χ4n) is 2.50. The van der Waals surface area contributed by atoms with Crippen molar-refractivity contribution in [2.45, 2.75) is 39.5 Å². The van der Waals surface area contributed by atoms with Crippen LogP contribution in [0.4, 0.5) is 0 Å². The van der Waals surface area contributed by atoms with Crippen LogP contribution in [0.3, 0.4) is 0 Å².